The Morgan fingerprint density at radius 1 is 1.04 bits per heavy atom. The molecule has 0 radical (unpaired) electrons. The molecule has 0 bridgehead atoms. The first kappa shape index (κ1) is 18.2. The number of aryl methyl sites for hydroxylation is 1. The highest BCUT2D eigenvalue weighted by Gasteiger charge is 2.11. The van der Waals surface area contributed by atoms with E-state index in [2.05, 4.69) is 10.6 Å². The number of nitrogens with one attached hydrogen (secondary N) is 2. The summed E-state index contributed by atoms with van der Waals surface area (Å²) in [6.07, 6.45) is 0. The Morgan fingerprint density at radius 3 is 2.33 bits per heavy atom. The first-order chi connectivity index (χ1) is 11.3. The highest BCUT2D eigenvalue weighted by atomic mass is 35.5. The first-order valence-corrected chi connectivity index (χ1v) is 7.83. The molecule has 8 heteroatoms. The molecular formula is C16H11Cl2N2O3S-. The highest BCUT2D eigenvalue weighted by molar-refractivity contribution is 7.80. The molecule has 2 rings (SSSR count). The monoisotopic (exact) mass is 381 g/mol. The van der Waals surface area contributed by atoms with Gasteiger partial charge in [0.15, 0.2) is 5.11 Å². The Balaban J connectivity index is 2.10. The average molecular weight is 382 g/mol. The molecule has 0 aliphatic rings. The van der Waals surface area contributed by atoms with Crippen LogP contribution in [0, 0.1) is 6.92 Å². The van der Waals surface area contributed by atoms with Crippen molar-refractivity contribution in [1.82, 2.24) is 5.32 Å². The van der Waals surface area contributed by atoms with Crippen LogP contribution in [0.2, 0.25) is 10.0 Å². The molecule has 0 saturated heterocycles. The van der Waals surface area contributed by atoms with Crippen LogP contribution < -0.4 is 15.7 Å². The number of rotatable bonds is 3. The third-order valence-electron chi connectivity index (χ3n) is 3.11. The van der Waals surface area contributed by atoms with E-state index in [0.29, 0.717) is 10.6 Å². The molecule has 2 aromatic carbocycles. The van der Waals surface area contributed by atoms with Crippen molar-refractivity contribution < 1.29 is 14.7 Å². The second kappa shape index (κ2) is 7.61. The van der Waals surface area contributed by atoms with Crippen molar-refractivity contribution in [2.24, 2.45) is 0 Å². The van der Waals surface area contributed by atoms with Crippen LogP contribution >= 0.6 is 35.4 Å². The smallest absolute Gasteiger partial charge is 0.257 e. The zero-order valence-electron chi connectivity index (χ0n) is 12.4. The molecule has 1 amide bonds. The standard InChI is InChI=1S/C16H12Cl2N2O3S/c1-8-2-3-9(6-12(8)18)14(21)20-16(24)19-13-7-10(15(22)23)4-5-11(13)17/h2-7H,1H3,(H,22,23)(H2,19,20,21,24)/p-1. The topological polar surface area (TPSA) is 81.3 Å². The van der Waals surface area contributed by atoms with Crippen LogP contribution in [0.1, 0.15) is 26.3 Å². The summed E-state index contributed by atoms with van der Waals surface area (Å²) >= 11 is 17.0. The van der Waals surface area contributed by atoms with Gasteiger partial charge in [-0.1, -0.05) is 35.3 Å². The van der Waals surface area contributed by atoms with Crippen molar-refractivity contribution >= 4 is 58.1 Å². The second-order valence-electron chi connectivity index (χ2n) is 4.85. The molecule has 2 N–H and O–H groups in total. The van der Waals surface area contributed by atoms with Gasteiger partial charge in [0, 0.05) is 10.6 Å². The van der Waals surface area contributed by atoms with Crippen molar-refractivity contribution in [3.63, 3.8) is 0 Å². The minimum Gasteiger partial charge on any atom is -0.545 e. The summed E-state index contributed by atoms with van der Waals surface area (Å²) in [6, 6.07) is 8.81. The van der Waals surface area contributed by atoms with Crippen LogP contribution in [0.3, 0.4) is 0 Å². The average Bonchev–Trinajstić information content (AvgIpc) is 2.51. The Morgan fingerprint density at radius 2 is 1.71 bits per heavy atom. The molecule has 0 aromatic heterocycles. The second-order valence-corrected chi connectivity index (χ2v) is 6.08. The predicted octanol–water partition coefficient (Wildman–Crippen LogP) is 2.79. The van der Waals surface area contributed by atoms with E-state index in [-0.39, 0.29) is 21.4 Å². The lowest BCUT2D eigenvalue weighted by atomic mass is 10.1. The van der Waals surface area contributed by atoms with Crippen molar-refractivity contribution in [1.29, 1.82) is 0 Å². The van der Waals surface area contributed by atoms with Gasteiger partial charge >= 0.3 is 0 Å². The van der Waals surface area contributed by atoms with E-state index in [1.54, 1.807) is 12.1 Å². The Hall–Kier alpha value is -2.15. The number of amides is 1. The molecule has 5 nitrogen and oxygen atoms in total. The molecule has 24 heavy (non-hydrogen) atoms. The number of hydrogen-bond donors (Lipinski definition) is 2. The lowest BCUT2D eigenvalue weighted by Crippen LogP contribution is -2.34. The normalized spacial score (nSPS) is 10.1. The maximum atomic E-state index is 12.1. The maximum Gasteiger partial charge on any atom is 0.257 e. The van der Waals surface area contributed by atoms with E-state index in [1.807, 2.05) is 6.92 Å². The van der Waals surface area contributed by atoms with E-state index in [0.717, 1.165) is 5.56 Å². The van der Waals surface area contributed by atoms with E-state index >= 15 is 0 Å². The van der Waals surface area contributed by atoms with E-state index < -0.39 is 11.9 Å². The quantitative estimate of drug-likeness (QED) is 0.798. The molecule has 2 aromatic rings. The number of hydrogen-bond acceptors (Lipinski definition) is 4. The van der Waals surface area contributed by atoms with Crippen molar-refractivity contribution in [2.75, 3.05) is 5.32 Å². The van der Waals surface area contributed by atoms with Crippen LogP contribution in [-0.4, -0.2) is 17.0 Å². The fourth-order valence-corrected chi connectivity index (χ4v) is 2.36. The molecule has 124 valence electrons. The zero-order chi connectivity index (χ0) is 17.9. The number of thiocarbonyl (C=S) groups is 1. The third-order valence-corrected chi connectivity index (χ3v) is 4.05. The first-order valence-electron chi connectivity index (χ1n) is 6.67. The van der Waals surface area contributed by atoms with E-state index in [9.17, 15) is 14.7 Å². The Bertz CT molecular complexity index is 840. The van der Waals surface area contributed by atoms with Crippen molar-refractivity contribution in [3.05, 3.63) is 63.1 Å². The highest BCUT2D eigenvalue weighted by Crippen LogP contribution is 2.23. The minimum atomic E-state index is -1.35. The van der Waals surface area contributed by atoms with Crippen LogP contribution in [0.4, 0.5) is 5.69 Å². The van der Waals surface area contributed by atoms with Gasteiger partial charge in [-0.3, -0.25) is 10.1 Å². The largest absolute Gasteiger partial charge is 0.545 e. The molecule has 0 heterocycles. The molecule has 0 spiro atoms. The van der Waals surface area contributed by atoms with Gasteiger partial charge in [-0.05, 0) is 54.5 Å². The number of carboxylic acid groups (broad SMARTS) is 1. The zero-order valence-corrected chi connectivity index (χ0v) is 14.7. The van der Waals surface area contributed by atoms with Gasteiger partial charge < -0.3 is 15.2 Å². The molecule has 0 saturated carbocycles. The fraction of sp³-hybridized carbons (Fsp3) is 0.0625. The van der Waals surface area contributed by atoms with Crippen molar-refractivity contribution in [2.45, 2.75) is 6.92 Å². The van der Waals surface area contributed by atoms with Crippen molar-refractivity contribution in [3.8, 4) is 0 Å². The molecule has 0 unspecified atom stereocenters. The number of halogens is 2. The number of carboxylic acids is 1. The fourth-order valence-electron chi connectivity index (χ4n) is 1.81. The molecular weight excluding hydrogens is 371 g/mol. The minimum absolute atomic E-state index is 0.0332. The Kier molecular flexibility index (Phi) is 5.77. The van der Waals surface area contributed by atoms with Crippen LogP contribution in [0.15, 0.2) is 36.4 Å². The van der Waals surface area contributed by atoms with Gasteiger partial charge in [-0.15, -0.1) is 0 Å². The number of carbonyl (C=O) groups is 2. The predicted molar refractivity (Wildman–Crippen MR) is 95.7 cm³/mol. The van der Waals surface area contributed by atoms with Gasteiger partial charge in [0.2, 0.25) is 0 Å². The Labute approximate surface area is 153 Å². The third kappa shape index (κ3) is 4.44. The van der Waals surface area contributed by atoms with Crippen LogP contribution in [0.25, 0.3) is 0 Å². The van der Waals surface area contributed by atoms with Gasteiger partial charge in [0.05, 0.1) is 16.7 Å². The lowest BCUT2D eigenvalue weighted by Gasteiger charge is -2.13. The van der Waals surface area contributed by atoms with Crippen LogP contribution in [-0.2, 0) is 0 Å². The number of benzene rings is 2. The number of aromatic carboxylic acids is 1. The number of carbonyl (C=O) groups excluding carboxylic acids is 2. The summed E-state index contributed by atoms with van der Waals surface area (Å²) in [5.74, 6) is -1.81. The van der Waals surface area contributed by atoms with Gasteiger partial charge in [-0.2, -0.15) is 0 Å². The summed E-state index contributed by atoms with van der Waals surface area (Å²) in [4.78, 5) is 23.0. The maximum absolute atomic E-state index is 12.1. The molecule has 0 aliphatic heterocycles. The van der Waals surface area contributed by atoms with Crippen LogP contribution in [0.5, 0.6) is 0 Å². The SMILES string of the molecule is Cc1ccc(C(=O)NC(=S)Nc2cc(C(=O)[O-])ccc2Cl)cc1Cl. The summed E-state index contributed by atoms with van der Waals surface area (Å²) in [5, 5.41) is 16.7. The molecule has 0 atom stereocenters. The van der Waals surface area contributed by atoms with Gasteiger partial charge in [-0.25, -0.2) is 0 Å². The number of anilines is 1. The molecule has 0 fully saturated rings. The van der Waals surface area contributed by atoms with Gasteiger partial charge in [0.25, 0.3) is 5.91 Å². The van der Waals surface area contributed by atoms with Gasteiger partial charge in [0.1, 0.15) is 0 Å². The summed E-state index contributed by atoms with van der Waals surface area (Å²) in [7, 11) is 0. The summed E-state index contributed by atoms with van der Waals surface area (Å²) < 4.78 is 0. The molecule has 0 aliphatic carbocycles. The van der Waals surface area contributed by atoms with E-state index in [4.69, 9.17) is 35.4 Å². The summed E-state index contributed by atoms with van der Waals surface area (Å²) in [6.45, 7) is 1.82. The summed E-state index contributed by atoms with van der Waals surface area (Å²) in [5.41, 5.74) is 1.36. The lowest BCUT2D eigenvalue weighted by molar-refractivity contribution is -0.255. The van der Waals surface area contributed by atoms with E-state index in [1.165, 1.54) is 24.3 Å².